The highest BCUT2D eigenvalue weighted by atomic mass is 16.2. The Balaban J connectivity index is 1.65. The van der Waals surface area contributed by atoms with Gasteiger partial charge in [0.1, 0.15) is 6.04 Å². The van der Waals surface area contributed by atoms with E-state index in [1.807, 2.05) is 24.4 Å². The third-order valence-electron chi connectivity index (χ3n) is 3.19. The number of hydrogen-bond acceptors (Lipinski definition) is 4. The van der Waals surface area contributed by atoms with E-state index in [1.165, 1.54) is 0 Å². The second kappa shape index (κ2) is 5.76. The lowest BCUT2D eigenvalue weighted by molar-refractivity contribution is -0.127. The summed E-state index contributed by atoms with van der Waals surface area (Å²) >= 11 is 0. The van der Waals surface area contributed by atoms with Crippen LogP contribution in [0.4, 0.5) is 5.69 Å². The quantitative estimate of drug-likeness (QED) is 0.735. The number of aromatic nitrogens is 2. The van der Waals surface area contributed by atoms with Gasteiger partial charge in [0, 0.05) is 24.6 Å². The highest BCUT2D eigenvalue weighted by molar-refractivity contribution is 5.98. The van der Waals surface area contributed by atoms with E-state index in [4.69, 9.17) is 0 Å². The van der Waals surface area contributed by atoms with Gasteiger partial charge in [-0.3, -0.25) is 9.59 Å². The van der Waals surface area contributed by atoms with Gasteiger partial charge < -0.3 is 16.0 Å². The summed E-state index contributed by atoms with van der Waals surface area (Å²) in [5.41, 5.74) is 1.58. The molecule has 0 radical (unpaired) electrons. The average molecular weight is 285 g/mol. The Kier molecular flexibility index (Phi) is 3.65. The Bertz CT molecular complexity index is 636. The molecule has 0 saturated carbocycles. The van der Waals surface area contributed by atoms with Crippen LogP contribution >= 0.6 is 0 Å². The maximum Gasteiger partial charge on any atom is 0.248 e. The lowest BCUT2D eigenvalue weighted by Gasteiger charge is -2.23. The minimum atomic E-state index is -0.544. The van der Waals surface area contributed by atoms with Gasteiger partial charge in [0.25, 0.3) is 0 Å². The number of piperazine rings is 1. The Morgan fingerprint density at radius 1 is 1.33 bits per heavy atom. The Morgan fingerprint density at radius 3 is 2.81 bits per heavy atom. The summed E-state index contributed by atoms with van der Waals surface area (Å²) in [6, 6.07) is 8.62. The summed E-state index contributed by atoms with van der Waals surface area (Å²) in [6.07, 6.45) is 3.55. The summed E-state index contributed by atoms with van der Waals surface area (Å²) in [5.74, 6) is -0.405. The zero-order valence-electron chi connectivity index (χ0n) is 11.2. The van der Waals surface area contributed by atoms with Gasteiger partial charge in [-0.1, -0.05) is 0 Å². The summed E-state index contributed by atoms with van der Waals surface area (Å²) in [5, 5.41) is 12.5. The molecule has 3 N–H and O–H groups in total. The van der Waals surface area contributed by atoms with E-state index in [-0.39, 0.29) is 18.4 Å². The van der Waals surface area contributed by atoms with Crippen molar-refractivity contribution in [3.8, 4) is 5.69 Å². The molecule has 0 aliphatic carbocycles. The number of nitrogens with one attached hydrogen (secondary N) is 3. The number of anilines is 1. The van der Waals surface area contributed by atoms with Crippen LogP contribution in [-0.2, 0) is 9.59 Å². The smallest absolute Gasteiger partial charge is 0.248 e. The van der Waals surface area contributed by atoms with Crippen molar-refractivity contribution in [1.82, 2.24) is 20.4 Å². The van der Waals surface area contributed by atoms with Gasteiger partial charge in [0.05, 0.1) is 12.2 Å². The van der Waals surface area contributed by atoms with E-state index < -0.39 is 6.04 Å². The zero-order chi connectivity index (χ0) is 14.7. The van der Waals surface area contributed by atoms with Crippen molar-refractivity contribution in [1.29, 1.82) is 0 Å². The Morgan fingerprint density at radius 2 is 2.14 bits per heavy atom. The van der Waals surface area contributed by atoms with Gasteiger partial charge in [0.2, 0.25) is 11.8 Å². The number of benzene rings is 1. The molecule has 1 atom stereocenters. The minimum absolute atomic E-state index is 0.171. The summed E-state index contributed by atoms with van der Waals surface area (Å²) in [4.78, 5) is 23.3. The van der Waals surface area contributed by atoms with Crippen molar-refractivity contribution in [2.24, 2.45) is 0 Å². The van der Waals surface area contributed by atoms with Crippen LogP contribution in [0.3, 0.4) is 0 Å². The molecule has 3 rings (SSSR count). The predicted octanol–water partition coefficient (Wildman–Crippen LogP) is -0.101. The molecule has 1 aromatic carbocycles. The Hall–Kier alpha value is -2.67. The molecular formula is C14H15N5O2. The van der Waals surface area contributed by atoms with Gasteiger partial charge >= 0.3 is 0 Å². The molecule has 7 nitrogen and oxygen atoms in total. The van der Waals surface area contributed by atoms with Crippen molar-refractivity contribution in [3.05, 3.63) is 42.7 Å². The van der Waals surface area contributed by atoms with Crippen LogP contribution in [-0.4, -0.2) is 40.7 Å². The van der Waals surface area contributed by atoms with E-state index in [1.54, 1.807) is 23.0 Å². The van der Waals surface area contributed by atoms with Crippen molar-refractivity contribution >= 4 is 17.5 Å². The first-order chi connectivity index (χ1) is 10.2. The van der Waals surface area contributed by atoms with Crippen LogP contribution in [0.1, 0.15) is 0 Å². The molecule has 2 aromatic rings. The Labute approximate surface area is 121 Å². The number of nitrogens with zero attached hydrogens (tertiary/aromatic N) is 2. The first-order valence-corrected chi connectivity index (χ1v) is 6.63. The molecule has 1 unspecified atom stereocenters. The van der Waals surface area contributed by atoms with E-state index in [0.717, 1.165) is 5.69 Å². The fourth-order valence-electron chi connectivity index (χ4n) is 2.13. The molecule has 7 heteroatoms. The third kappa shape index (κ3) is 3.09. The van der Waals surface area contributed by atoms with Crippen LogP contribution in [0.15, 0.2) is 42.7 Å². The second-order valence-electron chi connectivity index (χ2n) is 4.74. The molecule has 2 heterocycles. The topological polar surface area (TPSA) is 88.1 Å². The molecule has 1 saturated heterocycles. The molecule has 0 spiro atoms. The number of hydrogen-bond donors (Lipinski definition) is 3. The first kappa shape index (κ1) is 13.3. The summed E-state index contributed by atoms with van der Waals surface area (Å²) in [6.45, 7) is 0.686. The number of carbonyl (C=O) groups is 2. The van der Waals surface area contributed by atoms with Crippen LogP contribution in [0, 0.1) is 0 Å². The molecule has 1 aliphatic heterocycles. The van der Waals surface area contributed by atoms with E-state index in [2.05, 4.69) is 21.0 Å². The van der Waals surface area contributed by atoms with Crippen molar-refractivity contribution in [2.75, 3.05) is 18.4 Å². The molecule has 2 amide bonds. The molecule has 1 fully saturated rings. The van der Waals surface area contributed by atoms with Gasteiger partial charge in [-0.25, -0.2) is 4.68 Å². The van der Waals surface area contributed by atoms with Crippen LogP contribution in [0.2, 0.25) is 0 Å². The fourth-order valence-corrected chi connectivity index (χ4v) is 2.13. The van der Waals surface area contributed by atoms with Gasteiger partial charge in [-0.2, -0.15) is 5.10 Å². The normalized spacial score (nSPS) is 18.1. The van der Waals surface area contributed by atoms with E-state index >= 15 is 0 Å². The monoisotopic (exact) mass is 285 g/mol. The second-order valence-corrected chi connectivity index (χ2v) is 4.74. The maximum atomic E-state index is 12.0. The SMILES string of the molecule is O=C1CNCC(C(=O)Nc2ccc(-n3cccn3)cc2)N1. The van der Waals surface area contributed by atoms with Crippen LogP contribution in [0.5, 0.6) is 0 Å². The number of amides is 2. The van der Waals surface area contributed by atoms with Gasteiger partial charge in [0.15, 0.2) is 0 Å². The standard InChI is InChI=1S/C14H15N5O2/c20-13-9-15-8-12(18-13)14(21)17-10-2-4-11(5-3-10)19-7-1-6-16-19/h1-7,12,15H,8-9H2,(H,17,21)(H,18,20). The highest BCUT2D eigenvalue weighted by Gasteiger charge is 2.24. The maximum absolute atomic E-state index is 12.0. The number of carbonyl (C=O) groups excluding carboxylic acids is 2. The highest BCUT2D eigenvalue weighted by Crippen LogP contribution is 2.12. The van der Waals surface area contributed by atoms with Gasteiger partial charge in [-0.15, -0.1) is 0 Å². The molecule has 1 aliphatic rings. The number of rotatable bonds is 3. The summed E-state index contributed by atoms with van der Waals surface area (Å²) in [7, 11) is 0. The average Bonchev–Trinajstić information content (AvgIpc) is 3.02. The van der Waals surface area contributed by atoms with Crippen molar-refractivity contribution in [3.63, 3.8) is 0 Å². The lowest BCUT2D eigenvalue weighted by Crippen LogP contribution is -2.57. The van der Waals surface area contributed by atoms with Gasteiger partial charge in [-0.05, 0) is 30.3 Å². The first-order valence-electron chi connectivity index (χ1n) is 6.63. The third-order valence-corrected chi connectivity index (χ3v) is 3.19. The lowest BCUT2D eigenvalue weighted by atomic mass is 10.2. The molecule has 0 bridgehead atoms. The zero-order valence-corrected chi connectivity index (χ0v) is 11.2. The van der Waals surface area contributed by atoms with E-state index in [9.17, 15) is 9.59 Å². The van der Waals surface area contributed by atoms with Crippen molar-refractivity contribution < 1.29 is 9.59 Å². The van der Waals surface area contributed by atoms with Crippen LogP contribution in [0.25, 0.3) is 5.69 Å². The largest absolute Gasteiger partial charge is 0.342 e. The van der Waals surface area contributed by atoms with Crippen molar-refractivity contribution in [2.45, 2.75) is 6.04 Å². The predicted molar refractivity (Wildman–Crippen MR) is 77.0 cm³/mol. The van der Waals surface area contributed by atoms with Crippen LogP contribution < -0.4 is 16.0 Å². The molecule has 108 valence electrons. The van der Waals surface area contributed by atoms with E-state index in [0.29, 0.717) is 12.2 Å². The minimum Gasteiger partial charge on any atom is -0.342 e. The molecule has 21 heavy (non-hydrogen) atoms. The fraction of sp³-hybridized carbons (Fsp3) is 0.214. The molecule has 1 aromatic heterocycles. The summed E-state index contributed by atoms with van der Waals surface area (Å²) < 4.78 is 1.73. The molecular weight excluding hydrogens is 270 g/mol.